The van der Waals surface area contributed by atoms with Crippen molar-refractivity contribution in [3.63, 3.8) is 0 Å². The van der Waals surface area contributed by atoms with Crippen LogP contribution in [0.4, 0.5) is 0 Å². The van der Waals surface area contributed by atoms with Crippen molar-refractivity contribution < 1.29 is 0 Å². The molecule has 0 saturated carbocycles. The van der Waals surface area contributed by atoms with E-state index in [9.17, 15) is 0 Å². The summed E-state index contributed by atoms with van der Waals surface area (Å²) in [6.07, 6.45) is 3.75. The Morgan fingerprint density at radius 1 is 0.619 bits per heavy atom. The zero-order chi connectivity index (χ0) is 14.2. The van der Waals surface area contributed by atoms with Gasteiger partial charge in [-0.1, -0.05) is 48.0 Å². The van der Waals surface area contributed by atoms with Crippen LogP contribution < -0.4 is 0 Å². The summed E-state index contributed by atoms with van der Waals surface area (Å²) < 4.78 is 0. The molecule has 0 N–H and O–H groups in total. The lowest BCUT2D eigenvalue weighted by atomic mass is 9.98. The highest BCUT2D eigenvalue weighted by Gasteiger charge is 2.02. The Balaban J connectivity index is 1.89. The van der Waals surface area contributed by atoms with E-state index in [1.165, 1.54) is 38.2 Å². The largest absolute Gasteiger partial charge is 0.264 e. The van der Waals surface area contributed by atoms with Gasteiger partial charge in [-0.25, -0.2) is 0 Å². The first kappa shape index (κ1) is 12.1. The molecule has 0 fully saturated rings. The fourth-order valence-electron chi connectivity index (χ4n) is 2.81. The minimum absolute atomic E-state index is 1.18. The van der Waals surface area contributed by atoms with Crippen LogP contribution in [-0.2, 0) is 0 Å². The van der Waals surface area contributed by atoms with Gasteiger partial charge in [0.25, 0.3) is 0 Å². The molecular formula is C20H15N. The molecule has 0 aliphatic rings. The van der Waals surface area contributed by atoms with Gasteiger partial charge in [0.05, 0.1) is 0 Å². The first-order chi connectivity index (χ1) is 10.3. The Bertz CT molecular complexity index is 954. The van der Waals surface area contributed by atoms with E-state index in [1.807, 2.05) is 12.4 Å². The summed E-state index contributed by atoms with van der Waals surface area (Å²) in [6.45, 7) is 2.13. The fourth-order valence-corrected chi connectivity index (χ4v) is 2.81. The van der Waals surface area contributed by atoms with E-state index in [4.69, 9.17) is 0 Å². The highest BCUT2D eigenvalue weighted by Crippen LogP contribution is 2.27. The first-order valence-corrected chi connectivity index (χ1v) is 7.14. The van der Waals surface area contributed by atoms with E-state index < -0.39 is 0 Å². The van der Waals surface area contributed by atoms with Gasteiger partial charge in [-0.3, -0.25) is 4.98 Å². The molecule has 0 aliphatic carbocycles. The minimum atomic E-state index is 1.18. The summed E-state index contributed by atoms with van der Waals surface area (Å²) in [7, 11) is 0. The first-order valence-electron chi connectivity index (χ1n) is 7.14. The zero-order valence-corrected chi connectivity index (χ0v) is 11.9. The monoisotopic (exact) mass is 269 g/mol. The molecule has 0 amide bonds. The predicted octanol–water partition coefficient (Wildman–Crippen LogP) is 5.36. The molecule has 1 heterocycles. The summed E-state index contributed by atoms with van der Waals surface area (Å²) in [5.74, 6) is 0. The standard InChI is InChI=1S/C20H15N/c1-14-2-3-16-11-17(5-4-15(16)10-14)18-6-7-20-13-21-9-8-19(20)12-18/h2-13H,1H3. The van der Waals surface area contributed by atoms with E-state index >= 15 is 0 Å². The second kappa shape index (κ2) is 4.71. The maximum atomic E-state index is 4.16. The molecule has 100 valence electrons. The molecule has 0 aliphatic heterocycles. The van der Waals surface area contributed by atoms with Crippen LogP contribution in [0.3, 0.4) is 0 Å². The van der Waals surface area contributed by atoms with Crippen LogP contribution in [0.5, 0.6) is 0 Å². The SMILES string of the molecule is Cc1ccc2cc(-c3ccc4cnccc4c3)ccc2c1. The van der Waals surface area contributed by atoms with Gasteiger partial charge in [0.1, 0.15) is 0 Å². The average Bonchev–Trinajstić information content (AvgIpc) is 2.54. The number of hydrogen-bond acceptors (Lipinski definition) is 1. The van der Waals surface area contributed by atoms with Crippen molar-refractivity contribution in [1.82, 2.24) is 4.98 Å². The molecule has 1 heteroatoms. The second-order valence-corrected chi connectivity index (χ2v) is 5.50. The van der Waals surface area contributed by atoms with E-state index in [2.05, 4.69) is 72.6 Å². The third-order valence-electron chi connectivity index (χ3n) is 3.97. The van der Waals surface area contributed by atoms with Crippen molar-refractivity contribution in [1.29, 1.82) is 0 Å². The lowest BCUT2D eigenvalue weighted by molar-refractivity contribution is 1.36. The number of rotatable bonds is 1. The van der Waals surface area contributed by atoms with Crippen LogP contribution in [0.15, 0.2) is 73.1 Å². The predicted molar refractivity (Wildman–Crippen MR) is 89.4 cm³/mol. The van der Waals surface area contributed by atoms with Crippen molar-refractivity contribution in [3.05, 3.63) is 78.6 Å². The minimum Gasteiger partial charge on any atom is -0.264 e. The number of pyridine rings is 1. The van der Waals surface area contributed by atoms with Crippen LogP contribution >= 0.6 is 0 Å². The number of nitrogens with zero attached hydrogens (tertiary/aromatic N) is 1. The van der Waals surface area contributed by atoms with Crippen molar-refractivity contribution in [3.8, 4) is 11.1 Å². The van der Waals surface area contributed by atoms with Gasteiger partial charge in [-0.15, -0.1) is 0 Å². The Kier molecular flexibility index (Phi) is 2.71. The molecule has 0 radical (unpaired) electrons. The summed E-state index contributed by atoms with van der Waals surface area (Å²) >= 11 is 0. The van der Waals surface area contributed by atoms with Gasteiger partial charge < -0.3 is 0 Å². The third-order valence-corrected chi connectivity index (χ3v) is 3.97. The third kappa shape index (κ3) is 2.17. The fraction of sp³-hybridized carbons (Fsp3) is 0.0500. The number of benzene rings is 3. The summed E-state index contributed by atoms with van der Waals surface area (Å²) in [5.41, 5.74) is 3.80. The van der Waals surface area contributed by atoms with Crippen LogP contribution in [0.25, 0.3) is 32.7 Å². The summed E-state index contributed by atoms with van der Waals surface area (Å²) in [4.78, 5) is 4.16. The lowest BCUT2D eigenvalue weighted by Gasteiger charge is -2.06. The molecule has 1 nitrogen and oxygen atoms in total. The number of fused-ring (bicyclic) bond motifs is 2. The molecule has 0 saturated heterocycles. The van der Waals surface area contributed by atoms with Crippen LogP contribution in [-0.4, -0.2) is 4.98 Å². The lowest BCUT2D eigenvalue weighted by Crippen LogP contribution is -1.82. The highest BCUT2D eigenvalue weighted by atomic mass is 14.6. The normalized spacial score (nSPS) is 11.1. The van der Waals surface area contributed by atoms with E-state index in [0.29, 0.717) is 0 Å². The Labute approximate surface area is 123 Å². The van der Waals surface area contributed by atoms with Gasteiger partial charge in [-0.05, 0) is 52.4 Å². The number of aromatic nitrogens is 1. The molecule has 4 aromatic rings. The molecule has 0 spiro atoms. The van der Waals surface area contributed by atoms with Gasteiger partial charge in [0, 0.05) is 17.8 Å². The molecule has 4 rings (SSSR count). The molecule has 0 atom stereocenters. The van der Waals surface area contributed by atoms with Crippen LogP contribution in [0, 0.1) is 6.92 Å². The zero-order valence-electron chi connectivity index (χ0n) is 11.9. The topological polar surface area (TPSA) is 12.9 Å². The van der Waals surface area contributed by atoms with Crippen molar-refractivity contribution >= 4 is 21.5 Å². The quantitative estimate of drug-likeness (QED) is 0.453. The van der Waals surface area contributed by atoms with E-state index in [-0.39, 0.29) is 0 Å². The van der Waals surface area contributed by atoms with E-state index in [1.54, 1.807) is 0 Å². The van der Waals surface area contributed by atoms with Crippen LogP contribution in [0.1, 0.15) is 5.56 Å². The second-order valence-electron chi connectivity index (χ2n) is 5.50. The van der Waals surface area contributed by atoms with Gasteiger partial charge in [0.2, 0.25) is 0 Å². The maximum absolute atomic E-state index is 4.16. The molecule has 0 bridgehead atoms. The smallest absolute Gasteiger partial charge is 0.0346 e. The Morgan fingerprint density at radius 2 is 1.24 bits per heavy atom. The maximum Gasteiger partial charge on any atom is 0.0346 e. The molecule has 3 aromatic carbocycles. The average molecular weight is 269 g/mol. The van der Waals surface area contributed by atoms with E-state index in [0.717, 1.165) is 0 Å². The molecular weight excluding hydrogens is 254 g/mol. The molecule has 21 heavy (non-hydrogen) atoms. The van der Waals surface area contributed by atoms with Gasteiger partial charge in [-0.2, -0.15) is 0 Å². The van der Waals surface area contributed by atoms with Crippen molar-refractivity contribution in [2.75, 3.05) is 0 Å². The summed E-state index contributed by atoms with van der Waals surface area (Å²) in [6, 6.07) is 21.8. The summed E-state index contributed by atoms with van der Waals surface area (Å²) in [5, 5.41) is 4.99. The molecule has 1 aromatic heterocycles. The Hall–Kier alpha value is -2.67. The van der Waals surface area contributed by atoms with Gasteiger partial charge >= 0.3 is 0 Å². The molecule has 0 unspecified atom stereocenters. The van der Waals surface area contributed by atoms with Crippen molar-refractivity contribution in [2.24, 2.45) is 0 Å². The number of hydrogen-bond donors (Lipinski definition) is 0. The van der Waals surface area contributed by atoms with Gasteiger partial charge in [0.15, 0.2) is 0 Å². The Morgan fingerprint density at radius 3 is 2.05 bits per heavy atom. The van der Waals surface area contributed by atoms with Crippen molar-refractivity contribution in [2.45, 2.75) is 6.92 Å². The highest BCUT2D eigenvalue weighted by molar-refractivity contribution is 5.91. The van der Waals surface area contributed by atoms with Crippen LogP contribution in [0.2, 0.25) is 0 Å². The number of aryl methyl sites for hydroxylation is 1.